The number of rotatable bonds is 4. The van der Waals surface area contributed by atoms with E-state index in [1.54, 1.807) is 4.90 Å². The maximum atomic E-state index is 12.7. The summed E-state index contributed by atoms with van der Waals surface area (Å²) in [7, 11) is 0. The van der Waals surface area contributed by atoms with Crippen molar-refractivity contribution in [2.45, 2.75) is 26.3 Å². The Labute approximate surface area is 147 Å². The van der Waals surface area contributed by atoms with E-state index < -0.39 is 0 Å². The maximum Gasteiger partial charge on any atom is 0.322 e. The van der Waals surface area contributed by atoms with Crippen molar-refractivity contribution in [3.05, 3.63) is 53.1 Å². The maximum absolute atomic E-state index is 12.7. The van der Waals surface area contributed by atoms with Gasteiger partial charge in [0.25, 0.3) is 0 Å². The highest BCUT2D eigenvalue weighted by Gasteiger charge is 2.27. The van der Waals surface area contributed by atoms with Crippen LogP contribution in [0.3, 0.4) is 0 Å². The lowest BCUT2D eigenvalue weighted by Crippen LogP contribution is -2.39. The minimum Gasteiger partial charge on any atom is -0.493 e. The van der Waals surface area contributed by atoms with Crippen LogP contribution in [0.5, 0.6) is 11.5 Å². The van der Waals surface area contributed by atoms with E-state index in [0.29, 0.717) is 26.3 Å². The summed E-state index contributed by atoms with van der Waals surface area (Å²) >= 11 is 0. The predicted molar refractivity (Wildman–Crippen MR) is 96.5 cm³/mol. The zero-order valence-corrected chi connectivity index (χ0v) is 14.4. The van der Waals surface area contributed by atoms with E-state index in [-0.39, 0.29) is 6.03 Å². The number of urea groups is 1. The number of nitrogens with zero attached hydrogens (tertiary/aromatic N) is 1. The summed E-state index contributed by atoms with van der Waals surface area (Å²) < 4.78 is 11.6. The lowest BCUT2D eigenvalue weighted by molar-refractivity contribution is 0.246. The first-order valence-corrected chi connectivity index (χ1v) is 8.81. The molecule has 25 heavy (non-hydrogen) atoms. The van der Waals surface area contributed by atoms with Gasteiger partial charge < -0.3 is 14.8 Å². The number of ether oxygens (including phenoxy) is 2. The molecule has 0 saturated heterocycles. The molecule has 0 bridgehead atoms. The number of para-hydroxylation sites is 1. The highest BCUT2D eigenvalue weighted by molar-refractivity contribution is 5.91. The summed E-state index contributed by atoms with van der Waals surface area (Å²) in [5.41, 5.74) is 4.31. The molecule has 0 unspecified atom stereocenters. The number of fused-ring (bicyclic) bond motifs is 2. The number of benzene rings is 2. The lowest BCUT2D eigenvalue weighted by atomic mass is 9.99. The molecular formula is C20H22N2O3. The topological polar surface area (TPSA) is 50.8 Å². The van der Waals surface area contributed by atoms with Gasteiger partial charge in [-0.15, -0.1) is 0 Å². The van der Waals surface area contributed by atoms with Crippen LogP contribution in [0.2, 0.25) is 0 Å². The van der Waals surface area contributed by atoms with Gasteiger partial charge in [-0.25, -0.2) is 4.79 Å². The van der Waals surface area contributed by atoms with E-state index in [1.165, 1.54) is 11.1 Å². The highest BCUT2D eigenvalue weighted by atomic mass is 16.5. The molecule has 2 aromatic rings. The second kappa shape index (κ2) is 6.67. The zero-order valence-electron chi connectivity index (χ0n) is 14.4. The Morgan fingerprint density at radius 1 is 1.16 bits per heavy atom. The Kier molecular flexibility index (Phi) is 4.22. The van der Waals surface area contributed by atoms with Crippen LogP contribution in [0.15, 0.2) is 36.4 Å². The summed E-state index contributed by atoms with van der Waals surface area (Å²) in [6.07, 6.45) is 1.77. The molecule has 5 heteroatoms. The minimum absolute atomic E-state index is 0.100. The lowest BCUT2D eigenvalue weighted by Gasteiger charge is -2.22. The molecule has 0 aliphatic carbocycles. The first-order valence-electron chi connectivity index (χ1n) is 8.81. The summed E-state index contributed by atoms with van der Waals surface area (Å²) in [5, 5.41) is 3.06. The fourth-order valence-electron chi connectivity index (χ4n) is 3.58. The van der Waals surface area contributed by atoms with E-state index in [4.69, 9.17) is 9.47 Å². The molecule has 0 fully saturated rings. The van der Waals surface area contributed by atoms with Gasteiger partial charge in [0.15, 0.2) is 0 Å². The summed E-state index contributed by atoms with van der Waals surface area (Å²) in [5.74, 6) is 1.89. The van der Waals surface area contributed by atoms with Gasteiger partial charge in [0.2, 0.25) is 0 Å². The summed E-state index contributed by atoms with van der Waals surface area (Å²) in [6.45, 7) is 4.44. The van der Waals surface area contributed by atoms with Gasteiger partial charge in [0.1, 0.15) is 11.5 Å². The van der Waals surface area contributed by atoms with Crippen molar-refractivity contribution in [3.63, 3.8) is 0 Å². The van der Waals surface area contributed by atoms with Crippen LogP contribution in [-0.4, -0.2) is 25.8 Å². The van der Waals surface area contributed by atoms with Crippen molar-refractivity contribution in [2.75, 3.05) is 24.7 Å². The Morgan fingerprint density at radius 2 is 1.96 bits per heavy atom. The van der Waals surface area contributed by atoms with Crippen LogP contribution in [0, 0.1) is 0 Å². The first kappa shape index (κ1) is 15.8. The molecule has 0 atom stereocenters. The second-order valence-corrected chi connectivity index (χ2v) is 6.26. The summed E-state index contributed by atoms with van der Waals surface area (Å²) in [6, 6.07) is 11.7. The molecule has 0 saturated carbocycles. The van der Waals surface area contributed by atoms with Crippen molar-refractivity contribution in [2.24, 2.45) is 0 Å². The van der Waals surface area contributed by atoms with Gasteiger partial charge in [0, 0.05) is 48.3 Å². The van der Waals surface area contributed by atoms with Crippen molar-refractivity contribution in [3.8, 4) is 11.5 Å². The Bertz CT molecular complexity index is 757. The van der Waals surface area contributed by atoms with Gasteiger partial charge in [-0.05, 0) is 25.1 Å². The van der Waals surface area contributed by atoms with E-state index in [0.717, 1.165) is 35.6 Å². The van der Waals surface area contributed by atoms with Gasteiger partial charge in [0.05, 0.1) is 13.2 Å². The fourth-order valence-corrected chi connectivity index (χ4v) is 3.58. The first-order chi connectivity index (χ1) is 12.3. The molecule has 2 amide bonds. The molecule has 2 heterocycles. The van der Waals surface area contributed by atoms with Gasteiger partial charge in [-0.3, -0.25) is 4.90 Å². The molecule has 0 radical (unpaired) electrons. The number of anilines is 1. The van der Waals surface area contributed by atoms with Crippen molar-refractivity contribution < 1.29 is 14.3 Å². The van der Waals surface area contributed by atoms with Gasteiger partial charge in [-0.2, -0.15) is 0 Å². The largest absolute Gasteiger partial charge is 0.493 e. The quantitative estimate of drug-likeness (QED) is 0.931. The van der Waals surface area contributed by atoms with E-state index in [9.17, 15) is 4.79 Å². The van der Waals surface area contributed by atoms with Gasteiger partial charge >= 0.3 is 6.03 Å². The molecule has 5 nitrogen and oxygen atoms in total. The monoisotopic (exact) mass is 338 g/mol. The van der Waals surface area contributed by atoms with E-state index in [2.05, 4.69) is 11.4 Å². The number of carbonyl (C=O) groups excluding carboxylic acids is 1. The van der Waals surface area contributed by atoms with Crippen LogP contribution in [-0.2, 0) is 19.4 Å². The minimum atomic E-state index is -0.100. The van der Waals surface area contributed by atoms with Gasteiger partial charge in [-0.1, -0.05) is 18.2 Å². The fraction of sp³-hybridized carbons (Fsp3) is 0.350. The van der Waals surface area contributed by atoms with Crippen LogP contribution >= 0.6 is 0 Å². The SMILES string of the molecule is CCN(C(=O)NCc1c2c(cc3c1OCC3)OCC2)c1ccccc1. The predicted octanol–water partition coefficient (Wildman–Crippen LogP) is 3.29. The number of carbonyl (C=O) groups is 1. The molecule has 130 valence electrons. The number of amides is 2. The Hall–Kier alpha value is -2.69. The normalized spacial score (nSPS) is 14.3. The van der Waals surface area contributed by atoms with E-state index in [1.807, 2.05) is 37.3 Å². The molecule has 1 N–H and O–H groups in total. The molecule has 2 aromatic carbocycles. The van der Waals surface area contributed by atoms with Crippen LogP contribution in [0.4, 0.5) is 10.5 Å². The van der Waals surface area contributed by atoms with Crippen molar-refractivity contribution in [1.82, 2.24) is 5.32 Å². The number of hydrogen-bond acceptors (Lipinski definition) is 3. The summed E-state index contributed by atoms with van der Waals surface area (Å²) in [4.78, 5) is 14.4. The molecule has 0 spiro atoms. The third-order valence-corrected chi connectivity index (χ3v) is 4.81. The third kappa shape index (κ3) is 2.90. The highest BCUT2D eigenvalue weighted by Crippen LogP contribution is 2.40. The molecule has 2 aliphatic rings. The Morgan fingerprint density at radius 3 is 2.76 bits per heavy atom. The average Bonchev–Trinajstić information content (AvgIpc) is 3.29. The van der Waals surface area contributed by atoms with Crippen molar-refractivity contribution in [1.29, 1.82) is 0 Å². The molecular weight excluding hydrogens is 316 g/mol. The zero-order chi connectivity index (χ0) is 17.2. The van der Waals surface area contributed by atoms with Crippen LogP contribution in [0.1, 0.15) is 23.6 Å². The third-order valence-electron chi connectivity index (χ3n) is 4.81. The van der Waals surface area contributed by atoms with E-state index >= 15 is 0 Å². The standard InChI is InChI=1S/C20H22N2O3/c1-2-22(15-6-4-3-5-7-15)20(23)21-13-17-16-9-11-24-18(16)12-14-8-10-25-19(14)17/h3-7,12H,2,8-11,13H2,1H3,(H,21,23). The Balaban J connectivity index is 1.55. The molecule has 2 aliphatic heterocycles. The van der Waals surface area contributed by atoms with Crippen LogP contribution in [0.25, 0.3) is 0 Å². The molecule has 0 aromatic heterocycles. The average molecular weight is 338 g/mol. The second-order valence-electron chi connectivity index (χ2n) is 6.26. The number of hydrogen-bond donors (Lipinski definition) is 1. The molecule has 4 rings (SSSR count). The van der Waals surface area contributed by atoms with Crippen LogP contribution < -0.4 is 19.7 Å². The smallest absolute Gasteiger partial charge is 0.322 e. The number of nitrogens with one attached hydrogen (secondary N) is 1. The van der Waals surface area contributed by atoms with Crippen molar-refractivity contribution >= 4 is 11.7 Å².